The number of nitrogens with zero attached hydrogens (tertiary/aromatic N) is 1. The number of hydrogen-bond donors (Lipinski definition) is 2. The van der Waals surface area contributed by atoms with Crippen LogP contribution in [0.2, 0.25) is 5.15 Å². The van der Waals surface area contributed by atoms with E-state index in [1.165, 1.54) is 0 Å². The number of hydrogen-bond acceptors (Lipinski definition) is 3. The van der Waals surface area contributed by atoms with E-state index < -0.39 is 0 Å². The van der Waals surface area contributed by atoms with Gasteiger partial charge in [-0.2, -0.15) is 0 Å². The molecule has 3 nitrogen and oxygen atoms in total. The Balaban J connectivity index is 2.62. The van der Waals surface area contributed by atoms with Crippen LogP contribution in [0, 0.1) is 0 Å². The van der Waals surface area contributed by atoms with Gasteiger partial charge in [-0.15, -0.1) is 0 Å². The smallest absolute Gasteiger partial charge is 0.129 e. The molecule has 0 fully saturated rings. The minimum Gasteiger partial charge on any atom is -0.392 e. The van der Waals surface area contributed by atoms with Crippen molar-refractivity contribution in [3.05, 3.63) is 47.2 Å². The Labute approximate surface area is 105 Å². The van der Waals surface area contributed by atoms with Gasteiger partial charge in [-0.1, -0.05) is 35.9 Å². The van der Waals surface area contributed by atoms with Crippen molar-refractivity contribution >= 4 is 17.3 Å². The van der Waals surface area contributed by atoms with Crippen molar-refractivity contribution in [1.29, 1.82) is 0 Å². The van der Waals surface area contributed by atoms with Gasteiger partial charge in [0.2, 0.25) is 0 Å². The normalized spacial score (nSPS) is 10.3. The van der Waals surface area contributed by atoms with Crippen LogP contribution in [0.4, 0.5) is 5.69 Å². The molecule has 0 aliphatic heterocycles. The number of pyridine rings is 1. The van der Waals surface area contributed by atoms with Crippen molar-refractivity contribution in [2.75, 3.05) is 12.4 Å². The summed E-state index contributed by atoms with van der Waals surface area (Å²) in [6.07, 6.45) is 1.69. The molecule has 0 unspecified atom stereocenters. The lowest BCUT2D eigenvalue weighted by Crippen LogP contribution is -1.96. The number of anilines is 1. The van der Waals surface area contributed by atoms with Gasteiger partial charge in [0.1, 0.15) is 5.15 Å². The van der Waals surface area contributed by atoms with Gasteiger partial charge in [-0.25, -0.2) is 4.98 Å². The van der Waals surface area contributed by atoms with Crippen LogP contribution in [0.15, 0.2) is 36.5 Å². The molecule has 0 saturated heterocycles. The van der Waals surface area contributed by atoms with Crippen LogP contribution in [0.25, 0.3) is 11.1 Å². The summed E-state index contributed by atoms with van der Waals surface area (Å²) in [4.78, 5) is 4.03. The van der Waals surface area contributed by atoms with Crippen molar-refractivity contribution in [3.63, 3.8) is 0 Å². The Morgan fingerprint density at radius 2 is 2.06 bits per heavy atom. The van der Waals surface area contributed by atoms with Gasteiger partial charge in [0, 0.05) is 12.6 Å². The van der Waals surface area contributed by atoms with Gasteiger partial charge in [0.25, 0.3) is 0 Å². The van der Waals surface area contributed by atoms with E-state index in [0.29, 0.717) is 5.15 Å². The van der Waals surface area contributed by atoms with Crippen LogP contribution in [0.1, 0.15) is 5.56 Å². The minimum atomic E-state index is -0.000725. The van der Waals surface area contributed by atoms with Crippen molar-refractivity contribution < 1.29 is 5.11 Å². The fourth-order valence-corrected chi connectivity index (χ4v) is 1.93. The van der Waals surface area contributed by atoms with Crippen LogP contribution < -0.4 is 5.32 Å². The molecule has 0 radical (unpaired) electrons. The second-order valence-electron chi connectivity index (χ2n) is 3.62. The highest BCUT2D eigenvalue weighted by molar-refractivity contribution is 6.29. The highest BCUT2D eigenvalue weighted by atomic mass is 35.5. The van der Waals surface area contributed by atoms with Crippen molar-refractivity contribution in [3.8, 4) is 11.1 Å². The first-order valence-electron chi connectivity index (χ1n) is 5.28. The number of aliphatic hydroxyl groups is 1. The Hall–Kier alpha value is -1.58. The first-order valence-corrected chi connectivity index (χ1v) is 5.66. The fraction of sp³-hybridized carbons (Fsp3) is 0.154. The largest absolute Gasteiger partial charge is 0.392 e. The van der Waals surface area contributed by atoms with Gasteiger partial charge in [0.05, 0.1) is 18.5 Å². The van der Waals surface area contributed by atoms with Crippen molar-refractivity contribution in [2.24, 2.45) is 0 Å². The van der Waals surface area contributed by atoms with E-state index in [1.54, 1.807) is 12.3 Å². The predicted octanol–water partition coefficient (Wildman–Crippen LogP) is 2.94. The van der Waals surface area contributed by atoms with Crippen molar-refractivity contribution in [1.82, 2.24) is 4.98 Å². The minimum absolute atomic E-state index is 0.000725. The van der Waals surface area contributed by atoms with Crippen LogP contribution in [-0.4, -0.2) is 17.1 Å². The molecular formula is C13H13ClN2O. The Morgan fingerprint density at radius 3 is 2.76 bits per heavy atom. The summed E-state index contributed by atoms with van der Waals surface area (Å²) in [6, 6.07) is 9.47. The molecule has 4 heteroatoms. The molecule has 0 amide bonds. The van der Waals surface area contributed by atoms with Gasteiger partial charge in [0.15, 0.2) is 0 Å². The molecule has 0 atom stereocenters. The Bertz CT molecular complexity index is 529. The van der Waals surface area contributed by atoms with Crippen LogP contribution in [0.3, 0.4) is 0 Å². The quantitative estimate of drug-likeness (QED) is 0.821. The zero-order chi connectivity index (χ0) is 12.3. The van der Waals surface area contributed by atoms with Gasteiger partial charge in [-0.05, 0) is 17.2 Å². The predicted molar refractivity (Wildman–Crippen MR) is 70.2 cm³/mol. The molecular weight excluding hydrogens is 236 g/mol. The number of halogens is 1. The molecule has 2 aromatic rings. The van der Waals surface area contributed by atoms with E-state index in [9.17, 15) is 5.11 Å². The number of rotatable bonds is 3. The molecule has 2 rings (SSSR count). The zero-order valence-corrected chi connectivity index (χ0v) is 10.2. The second kappa shape index (κ2) is 5.17. The molecule has 0 aliphatic carbocycles. The zero-order valence-electron chi connectivity index (χ0n) is 9.44. The molecule has 0 saturated carbocycles. The van der Waals surface area contributed by atoms with Crippen LogP contribution in [0.5, 0.6) is 0 Å². The lowest BCUT2D eigenvalue weighted by Gasteiger charge is -2.12. The van der Waals surface area contributed by atoms with Crippen LogP contribution >= 0.6 is 11.6 Å². The van der Waals surface area contributed by atoms with E-state index in [-0.39, 0.29) is 6.61 Å². The van der Waals surface area contributed by atoms with Crippen LogP contribution in [-0.2, 0) is 6.61 Å². The summed E-state index contributed by atoms with van der Waals surface area (Å²) < 4.78 is 0. The number of aromatic nitrogens is 1. The highest BCUT2D eigenvalue weighted by Crippen LogP contribution is 2.31. The fourth-order valence-electron chi connectivity index (χ4n) is 1.77. The molecule has 88 valence electrons. The average Bonchev–Trinajstić information content (AvgIpc) is 2.38. The third-order valence-electron chi connectivity index (χ3n) is 2.62. The summed E-state index contributed by atoms with van der Waals surface area (Å²) in [5.41, 5.74) is 3.65. The topological polar surface area (TPSA) is 45.2 Å². The maximum atomic E-state index is 9.34. The van der Waals surface area contributed by atoms with Gasteiger partial charge in [-0.3, -0.25) is 0 Å². The SMILES string of the molecule is CNc1cnc(Cl)cc1-c1ccccc1CO. The monoisotopic (exact) mass is 248 g/mol. The molecule has 0 bridgehead atoms. The highest BCUT2D eigenvalue weighted by Gasteiger charge is 2.09. The maximum absolute atomic E-state index is 9.34. The number of benzene rings is 1. The number of nitrogens with one attached hydrogen (secondary N) is 1. The van der Waals surface area contributed by atoms with E-state index >= 15 is 0 Å². The Morgan fingerprint density at radius 1 is 1.29 bits per heavy atom. The van der Waals surface area contributed by atoms with E-state index in [0.717, 1.165) is 22.4 Å². The maximum Gasteiger partial charge on any atom is 0.129 e. The third-order valence-corrected chi connectivity index (χ3v) is 2.82. The summed E-state index contributed by atoms with van der Waals surface area (Å²) in [5.74, 6) is 0. The first kappa shape index (κ1) is 11.9. The summed E-state index contributed by atoms with van der Waals surface area (Å²) in [5, 5.41) is 12.9. The molecule has 1 heterocycles. The van der Waals surface area contributed by atoms with Crippen molar-refractivity contribution in [2.45, 2.75) is 6.61 Å². The summed E-state index contributed by atoms with van der Waals surface area (Å²) in [7, 11) is 1.83. The second-order valence-corrected chi connectivity index (χ2v) is 4.01. The Kier molecular flexibility index (Phi) is 3.61. The third kappa shape index (κ3) is 2.40. The lowest BCUT2D eigenvalue weighted by molar-refractivity contribution is 0.282. The van der Waals surface area contributed by atoms with E-state index in [2.05, 4.69) is 10.3 Å². The first-order chi connectivity index (χ1) is 8.26. The number of aliphatic hydroxyl groups excluding tert-OH is 1. The molecule has 17 heavy (non-hydrogen) atoms. The van der Waals surface area contributed by atoms with E-state index in [4.69, 9.17) is 11.6 Å². The molecule has 2 N–H and O–H groups in total. The average molecular weight is 249 g/mol. The molecule has 0 aliphatic rings. The van der Waals surface area contributed by atoms with Gasteiger partial charge < -0.3 is 10.4 Å². The molecule has 1 aromatic carbocycles. The molecule has 0 spiro atoms. The summed E-state index contributed by atoms with van der Waals surface area (Å²) in [6.45, 7) is -0.000725. The van der Waals surface area contributed by atoms with E-state index in [1.807, 2.05) is 31.3 Å². The lowest BCUT2D eigenvalue weighted by atomic mass is 10.00. The van der Waals surface area contributed by atoms with Gasteiger partial charge >= 0.3 is 0 Å². The summed E-state index contributed by atoms with van der Waals surface area (Å²) >= 11 is 5.92. The standard InChI is InChI=1S/C13H13ClN2O/c1-15-12-7-16-13(14)6-11(12)10-5-3-2-4-9(10)8-17/h2-7,15,17H,8H2,1H3. The molecule has 1 aromatic heterocycles.